The van der Waals surface area contributed by atoms with Crippen LogP contribution < -0.4 is 15.4 Å². The van der Waals surface area contributed by atoms with Crippen LogP contribution in [0.5, 0.6) is 5.75 Å². The number of thiophene rings is 1. The van der Waals surface area contributed by atoms with Crippen LogP contribution in [0.4, 0.5) is 5.82 Å². The number of methoxy groups -OCH3 is 1. The van der Waals surface area contributed by atoms with Crippen LogP contribution in [-0.2, 0) is 22.7 Å². The number of aryl methyl sites for hydroxylation is 1. The molecule has 1 amide bonds. The first-order chi connectivity index (χ1) is 17.8. The molecule has 0 bridgehead atoms. The Kier molecular flexibility index (Phi) is 6.82. The minimum absolute atomic E-state index is 0.0312. The lowest BCUT2D eigenvalue weighted by Crippen LogP contribution is -2.61. The highest BCUT2D eigenvalue weighted by Crippen LogP contribution is 2.45. The monoisotopic (exact) mass is 522 g/mol. The van der Waals surface area contributed by atoms with Crippen LogP contribution in [-0.4, -0.2) is 64.8 Å². The van der Waals surface area contributed by atoms with E-state index in [9.17, 15) is 4.79 Å². The number of aromatic nitrogens is 3. The van der Waals surface area contributed by atoms with Crippen molar-refractivity contribution in [3.63, 3.8) is 0 Å². The van der Waals surface area contributed by atoms with E-state index in [1.165, 1.54) is 0 Å². The molecule has 37 heavy (non-hydrogen) atoms. The number of hydrogen-bond donors (Lipinski definition) is 2. The Morgan fingerprint density at radius 1 is 1.27 bits per heavy atom. The molecule has 0 atom stereocenters. The standard InChI is InChI=1S/C27H34N6O3S/c1-7-36-14-18-19(13-32-9-8-29-26(34)27(32,3)4)33-23(25(28-5)30-15-31-33)22(18)21-12-17-10-16(2)11-20(35-6)24(17)37-21/h10-12,15H,7-9,13-14H2,1-6H3,(H,29,34)(H,28,30,31). The largest absolute Gasteiger partial charge is 0.495 e. The van der Waals surface area contributed by atoms with E-state index in [4.69, 9.17) is 14.6 Å². The summed E-state index contributed by atoms with van der Waals surface area (Å²) in [5.74, 6) is 1.64. The Labute approximate surface area is 220 Å². The zero-order valence-electron chi connectivity index (χ0n) is 22.3. The predicted molar refractivity (Wildman–Crippen MR) is 147 cm³/mol. The lowest BCUT2D eigenvalue weighted by molar-refractivity contribution is -0.135. The van der Waals surface area contributed by atoms with Crippen LogP contribution in [0.2, 0.25) is 0 Å². The summed E-state index contributed by atoms with van der Waals surface area (Å²) in [6.07, 6.45) is 1.57. The Bertz CT molecular complexity index is 1470. The molecule has 1 saturated heterocycles. The van der Waals surface area contributed by atoms with Gasteiger partial charge in [-0.25, -0.2) is 9.50 Å². The van der Waals surface area contributed by atoms with Gasteiger partial charge in [-0.2, -0.15) is 5.10 Å². The molecule has 2 N–H and O–H groups in total. The molecule has 1 fully saturated rings. The van der Waals surface area contributed by atoms with Crippen molar-refractivity contribution in [2.75, 3.05) is 39.2 Å². The molecule has 4 heterocycles. The fourth-order valence-corrected chi connectivity index (χ4v) is 6.32. The lowest BCUT2D eigenvalue weighted by atomic mass is 9.98. The molecule has 196 valence electrons. The van der Waals surface area contributed by atoms with E-state index in [0.29, 0.717) is 26.3 Å². The number of anilines is 1. The molecule has 1 aromatic carbocycles. The van der Waals surface area contributed by atoms with Crippen LogP contribution in [0.25, 0.3) is 26.0 Å². The van der Waals surface area contributed by atoms with Crippen LogP contribution in [0, 0.1) is 6.92 Å². The van der Waals surface area contributed by atoms with Gasteiger partial charge in [0, 0.05) is 49.3 Å². The average molecular weight is 523 g/mol. The Morgan fingerprint density at radius 2 is 2.08 bits per heavy atom. The van der Waals surface area contributed by atoms with Crippen molar-refractivity contribution >= 4 is 38.7 Å². The molecule has 0 aliphatic carbocycles. The fourth-order valence-electron chi connectivity index (χ4n) is 5.11. The van der Waals surface area contributed by atoms with Gasteiger partial charge in [0.05, 0.1) is 29.6 Å². The second-order valence-electron chi connectivity index (χ2n) is 9.79. The molecule has 0 radical (unpaired) electrons. The molecule has 10 heteroatoms. The zero-order chi connectivity index (χ0) is 26.3. The van der Waals surface area contributed by atoms with Gasteiger partial charge < -0.3 is 20.1 Å². The Hall–Kier alpha value is -3.21. The minimum atomic E-state index is -0.646. The molecule has 4 aromatic rings. The maximum Gasteiger partial charge on any atom is 0.240 e. The first-order valence-corrected chi connectivity index (χ1v) is 13.4. The number of hydrogen-bond acceptors (Lipinski definition) is 8. The van der Waals surface area contributed by atoms with Crippen molar-refractivity contribution < 1.29 is 14.3 Å². The number of rotatable bonds is 8. The summed E-state index contributed by atoms with van der Waals surface area (Å²) in [5, 5.41) is 12.1. The van der Waals surface area contributed by atoms with Gasteiger partial charge in [0.25, 0.3) is 0 Å². The van der Waals surface area contributed by atoms with E-state index in [0.717, 1.165) is 61.0 Å². The van der Waals surface area contributed by atoms with Gasteiger partial charge >= 0.3 is 0 Å². The first kappa shape index (κ1) is 25.4. The smallest absolute Gasteiger partial charge is 0.240 e. The van der Waals surface area contributed by atoms with Gasteiger partial charge in [0.1, 0.15) is 17.6 Å². The predicted octanol–water partition coefficient (Wildman–Crippen LogP) is 4.22. The molecule has 1 aliphatic heterocycles. The van der Waals surface area contributed by atoms with Crippen molar-refractivity contribution in [3.05, 3.63) is 41.3 Å². The van der Waals surface area contributed by atoms with Gasteiger partial charge in [0.2, 0.25) is 5.91 Å². The Morgan fingerprint density at radius 3 is 2.81 bits per heavy atom. The number of benzene rings is 1. The second kappa shape index (κ2) is 9.92. The van der Waals surface area contributed by atoms with Gasteiger partial charge in [-0.1, -0.05) is 6.07 Å². The highest BCUT2D eigenvalue weighted by molar-refractivity contribution is 7.22. The van der Waals surface area contributed by atoms with E-state index < -0.39 is 5.54 Å². The van der Waals surface area contributed by atoms with Crippen LogP contribution in [0.1, 0.15) is 37.6 Å². The van der Waals surface area contributed by atoms with Crippen LogP contribution >= 0.6 is 11.3 Å². The number of piperazine rings is 1. The molecule has 0 unspecified atom stereocenters. The second-order valence-corrected chi connectivity index (χ2v) is 10.8. The summed E-state index contributed by atoms with van der Waals surface area (Å²) in [5.41, 5.74) is 4.51. The summed E-state index contributed by atoms with van der Waals surface area (Å²) in [6, 6.07) is 6.47. The third-order valence-corrected chi connectivity index (χ3v) is 8.35. The van der Waals surface area contributed by atoms with E-state index in [2.05, 4.69) is 45.6 Å². The SMILES string of the molecule is CCOCc1c(-c2cc3cc(C)cc(OC)c3s2)c2c(NC)ncnn2c1CN1CCNC(=O)C1(C)C. The molecular formula is C27H34N6O3S. The van der Waals surface area contributed by atoms with E-state index in [1.54, 1.807) is 24.8 Å². The normalized spacial score (nSPS) is 15.9. The summed E-state index contributed by atoms with van der Waals surface area (Å²) in [7, 11) is 3.58. The van der Waals surface area contributed by atoms with Crippen molar-refractivity contribution in [1.82, 2.24) is 24.8 Å². The Balaban J connectivity index is 1.78. The van der Waals surface area contributed by atoms with E-state index >= 15 is 0 Å². The first-order valence-electron chi connectivity index (χ1n) is 12.5. The van der Waals surface area contributed by atoms with E-state index in [1.807, 2.05) is 32.3 Å². The molecule has 0 spiro atoms. The van der Waals surface area contributed by atoms with Crippen molar-refractivity contribution in [1.29, 1.82) is 0 Å². The maximum atomic E-state index is 12.7. The van der Waals surface area contributed by atoms with Gasteiger partial charge in [-0.3, -0.25) is 9.69 Å². The number of ether oxygens (including phenoxy) is 2. The summed E-state index contributed by atoms with van der Waals surface area (Å²) < 4.78 is 14.8. The quantitative estimate of drug-likeness (QED) is 0.358. The number of amides is 1. The third-order valence-electron chi connectivity index (χ3n) is 7.17. The van der Waals surface area contributed by atoms with Crippen LogP contribution in [0.15, 0.2) is 24.5 Å². The minimum Gasteiger partial charge on any atom is -0.495 e. The maximum absolute atomic E-state index is 12.7. The van der Waals surface area contributed by atoms with Gasteiger partial charge in [-0.05, 0) is 50.8 Å². The molecule has 5 rings (SSSR count). The average Bonchev–Trinajstić information content (AvgIpc) is 3.43. The van der Waals surface area contributed by atoms with Crippen molar-refractivity contribution in [2.24, 2.45) is 0 Å². The topological polar surface area (TPSA) is 93.0 Å². The van der Waals surface area contributed by atoms with Gasteiger partial charge in [-0.15, -0.1) is 11.3 Å². The third kappa shape index (κ3) is 4.32. The number of carbonyl (C=O) groups is 1. The number of nitrogens with zero attached hydrogens (tertiary/aromatic N) is 4. The highest BCUT2D eigenvalue weighted by Gasteiger charge is 2.39. The van der Waals surface area contributed by atoms with Crippen LogP contribution in [0.3, 0.4) is 0 Å². The fraction of sp³-hybridized carbons (Fsp3) is 0.444. The number of nitrogens with one attached hydrogen (secondary N) is 2. The molecule has 3 aromatic heterocycles. The van der Waals surface area contributed by atoms with Crippen molar-refractivity contribution in [2.45, 2.75) is 46.4 Å². The summed E-state index contributed by atoms with van der Waals surface area (Å²) in [6.45, 7) is 10.9. The molecule has 0 saturated carbocycles. The summed E-state index contributed by atoms with van der Waals surface area (Å²) >= 11 is 1.70. The van der Waals surface area contributed by atoms with Gasteiger partial charge in [0.15, 0.2) is 5.82 Å². The number of carbonyl (C=O) groups excluding carboxylic acids is 1. The zero-order valence-corrected chi connectivity index (χ0v) is 23.1. The molecule has 9 nitrogen and oxygen atoms in total. The summed E-state index contributed by atoms with van der Waals surface area (Å²) in [4.78, 5) is 20.6. The molecular weight excluding hydrogens is 488 g/mol. The van der Waals surface area contributed by atoms with Crippen molar-refractivity contribution in [3.8, 4) is 16.2 Å². The highest BCUT2D eigenvalue weighted by atomic mass is 32.1. The number of fused-ring (bicyclic) bond motifs is 2. The van der Waals surface area contributed by atoms with E-state index in [-0.39, 0.29) is 5.91 Å². The molecule has 1 aliphatic rings. The lowest BCUT2D eigenvalue weighted by Gasteiger charge is -2.41.